The van der Waals surface area contributed by atoms with E-state index in [0.717, 1.165) is 56.8 Å². The third kappa shape index (κ3) is 3.14. The van der Waals surface area contributed by atoms with Crippen LogP contribution in [-0.4, -0.2) is 25.7 Å². The Balaban J connectivity index is 1.44. The molecule has 5 heteroatoms. The average molecular weight is 412 g/mol. The van der Waals surface area contributed by atoms with Gasteiger partial charge in [0.05, 0.1) is 26.8 Å². The minimum Gasteiger partial charge on any atom is -0.438 e. The van der Waals surface area contributed by atoms with Crippen molar-refractivity contribution in [2.45, 2.75) is 37.3 Å². The van der Waals surface area contributed by atoms with Gasteiger partial charge in [0.2, 0.25) is 5.71 Å². The molecule has 0 aliphatic heterocycles. The number of pyridine rings is 2. The first-order chi connectivity index (χ1) is 15.6. The lowest BCUT2D eigenvalue weighted by Gasteiger charge is -2.38. The molecule has 1 saturated carbocycles. The molecule has 3 aromatic heterocycles. The van der Waals surface area contributed by atoms with Crippen LogP contribution in [-0.2, 0) is 5.21 Å². The van der Waals surface area contributed by atoms with Gasteiger partial charge in [-0.3, -0.25) is 4.98 Å². The van der Waals surface area contributed by atoms with E-state index in [2.05, 4.69) is 34.2 Å². The Kier molecular flexibility index (Phi) is 4.60. The fourth-order valence-corrected chi connectivity index (χ4v) is 5.23. The van der Waals surface area contributed by atoms with Crippen molar-refractivity contribution in [2.75, 3.05) is 0 Å². The predicted octanol–water partition coefficient (Wildman–Crippen LogP) is 6.27. The first kappa shape index (κ1) is 19.6. The van der Waals surface area contributed by atoms with E-state index < -0.39 is 5.21 Å². The molecule has 1 aliphatic carbocycles. The molecule has 3 heterocycles. The van der Waals surface area contributed by atoms with Gasteiger partial charge in [0.25, 0.3) is 0 Å². The van der Waals surface area contributed by atoms with Gasteiger partial charge >= 0.3 is 0 Å². The highest BCUT2D eigenvalue weighted by Gasteiger charge is 2.31. The molecule has 0 N–H and O–H groups in total. The van der Waals surface area contributed by atoms with Crippen LogP contribution < -0.4 is 0 Å². The number of fused-ring (bicyclic) bond motifs is 5. The Bertz CT molecular complexity index is 1450. The normalized spacial score (nSPS) is 15.6. The van der Waals surface area contributed by atoms with Crippen molar-refractivity contribution in [1.82, 2.24) is 9.97 Å². The average Bonchev–Trinajstić information content (AvgIpc) is 3.23. The zero-order chi connectivity index (χ0) is 21.7. The molecule has 152 valence electrons. The van der Waals surface area contributed by atoms with E-state index in [-0.39, 0.29) is 0 Å². The molecule has 1 fully saturated rings. The summed E-state index contributed by atoms with van der Waals surface area (Å²) in [6, 6.07) is 18.5. The summed E-state index contributed by atoms with van der Waals surface area (Å²) >= 11 is 0. The van der Waals surface area contributed by atoms with Crippen LogP contribution in [0, 0.1) is 5.92 Å². The van der Waals surface area contributed by atoms with Crippen LogP contribution in [0.15, 0.2) is 71.4 Å². The number of aromatic nitrogens is 2. The highest BCUT2D eigenvalue weighted by molar-refractivity contribution is 6.40. The smallest absolute Gasteiger partial charge is 0.227 e. The molecule has 32 heavy (non-hydrogen) atoms. The summed E-state index contributed by atoms with van der Waals surface area (Å²) in [6.45, 7) is 0. The van der Waals surface area contributed by atoms with E-state index in [1.54, 1.807) is 6.20 Å². The highest BCUT2D eigenvalue weighted by atomic mass is 16.3. The molecule has 0 atom stereocenters. The van der Waals surface area contributed by atoms with Crippen LogP contribution >= 0.6 is 0 Å². The number of benzene rings is 2. The molecule has 0 bridgehead atoms. The Labute approximate surface area is 190 Å². The lowest BCUT2D eigenvalue weighted by atomic mass is 9.43. The van der Waals surface area contributed by atoms with Crippen molar-refractivity contribution in [3.05, 3.63) is 72.6 Å². The summed E-state index contributed by atoms with van der Waals surface area (Å²) in [5.41, 5.74) is 4.21. The number of hydrogen-bond acceptors (Lipinski definition) is 3. The molecular weight excluding hydrogens is 390 g/mol. The third-order valence-corrected chi connectivity index (χ3v) is 7.06. The summed E-state index contributed by atoms with van der Waals surface area (Å²) in [7, 11) is 13.4. The summed E-state index contributed by atoms with van der Waals surface area (Å²) < 4.78 is 6.13. The zero-order valence-electron chi connectivity index (χ0n) is 17.9. The van der Waals surface area contributed by atoms with Crippen LogP contribution in [0.1, 0.15) is 37.7 Å². The van der Waals surface area contributed by atoms with Crippen molar-refractivity contribution < 1.29 is 4.42 Å². The largest absolute Gasteiger partial charge is 0.438 e. The molecule has 0 saturated heterocycles. The van der Waals surface area contributed by atoms with Gasteiger partial charge in [-0.05, 0) is 35.6 Å². The van der Waals surface area contributed by atoms with E-state index >= 15 is 0 Å². The Morgan fingerprint density at radius 2 is 1.72 bits per heavy atom. The minimum atomic E-state index is -0.843. The first-order valence-electron chi connectivity index (χ1n) is 11.4. The Morgan fingerprint density at radius 3 is 2.59 bits per heavy atom. The minimum absolute atomic E-state index is 0.295. The molecule has 1 aliphatic rings. The summed E-state index contributed by atoms with van der Waals surface area (Å²) in [5, 5.41) is 3.51. The number of rotatable bonds is 3. The van der Waals surface area contributed by atoms with Gasteiger partial charge in [-0.15, -0.1) is 0 Å². The molecular formula is C27H22B2N2O. The van der Waals surface area contributed by atoms with E-state index in [9.17, 15) is 0 Å². The predicted molar refractivity (Wildman–Crippen MR) is 132 cm³/mol. The maximum atomic E-state index is 6.68. The van der Waals surface area contributed by atoms with Crippen molar-refractivity contribution >= 4 is 48.5 Å². The zero-order valence-corrected chi connectivity index (χ0v) is 17.9. The van der Waals surface area contributed by atoms with Gasteiger partial charge in [-0.25, -0.2) is 4.98 Å². The van der Waals surface area contributed by atoms with Crippen molar-refractivity contribution in [3.63, 3.8) is 0 Å². The van der Waals surface area contributed by atoms with Crippen molar-refractivity contribution in [1.29, 1.82) is 0 Å². The van der Waals surface area contributed by atoms with Crippen molar-refractivity contribution in [2.24, 2.45) is 5.92 Å². The Morgan fingerprint density at radius 1 is 0.875 bits per heavy atom. The van der Waals surface area contributed by atoms with Crippen LogP contribution in [0.4, 0.5) is 0 Å². The quantitative estimate of drug-likeness (QED) is 0.328. The van der Waals surface area contributed by atoms with E-state index in [4.69, 9.17) is 20.1 Å². The summed E-state index contributed by atoms with van der Waals surface area (Å²) in [5.74, 6) is 0.295. The van der Waals surface area contributed by atoms with Crippen LogP contribution in [0.3, 0.4) is 0 Å². The lowest BCUT2D eigenvalue weighted by Crippen LogP contribution is -2.37. The van der Waals surface area contributed by atoms with Gasteiger partial charge in [0.1, 0.15) is 5.58 Å². The Hall–Kier alpha value is -3.07. The maximum absolute atomic E-state index is 6.68. The molecule has 4 radical (unpaired) electrons. The van der Waals surface area contributed by atoms with Crippen LogP contribution in [0.2, 0.25) is 0 Å². The molecule has 3 nitrogen and oxygen atoms in total. The molecule has 0 amide bonds. The van der Waals surface area contributed by atoms with Gasteiger partial charge in [0, 0.05) is 28.7 Å². The van der Waals surface area contributed by atoms with Gasteiger partial charge < -0.3 is 4.42 Å². The van der Waals surface area contributed by atoms with E-state index in [1.807, 2.05) is 36.5 Å². The topological polar surface area (TPSA) is 38.9 Å². The highest BCUT2D eigenvalue weighted by Crippen LogP contribution is 2.39. The molecule has 6 rings (SSSR count). The molecule has 2 aromatic carbocycles. The third-order valence-electron chi connectivity index (χ3n) is 7.06. The van der Waals surface area contributed by atoms with Crippen LogP contribution in [0.25, 0.3) is 44.1 Å². The monoisotopic (exact) mass is 412 g/mol. The fraction of sp³-hybridized carbons (Fsp3) is 0.259. The lowest BCUT2D eigenvalue weighted by molar-refractivity contribution is 0.327. The molecule has 0 unspecified atom stereocenters. The standard InChI is InChI=1S/C27H22B2N2O/c28-27(29,19-7-2-1-3-8-19)20-12-13-30-23(15-20)17-10-11-22-24(14-17)32-26-25(22)21-9-5-4-6-18(21)16-31-26/h4-6,9-16,19H,1-3,7-8H2. The molecule has 0 spiro atoms. The molecule has 5 aromatic rings. The van der Waals surface area contributed by atoms with E-state index in [1.165, 1.54) is 19.3 Å². The van der Waals surface area contributed by atoms with Gasteiger partial charge in [-0.1, -0.05) is 73.2 Å². The van der Waals surface area contributed by atoms with Gasteiger partial charge in [0.15, 0.2) is 0 Å². The van der Waals surface area contributed by atoms with Crippen LogP contribution in [0.5, 0.6) is 0 Å². The summed E-state index contributed by atoms with van der Waals surface area (Å²) in [4.78, 5) is 9.14. The maximum Gasteiger partial charge on any atom is 0.227 e. The number of furan rings is 1. The summed E-state index contributed by atoms with van der Waals surface area (Å²) in [6.07, 6.45) is 9.50. The second-order valence-corrected chi connectivity index (χ2v) is 9.04. The fourth-order valence-electron chi connectivity index (χ4n) is 5.23. The first-order valence-corrected chi connectivity index (χ1v) is 11.4. The second kappa shape index (κ2) is 7.51. The number of hydrogen-bond donors (Lipinski definition) is 0. The van der Waals surface area contributed by atoms with E-state index in [0.29, 0.717) is 11.6 Å². The van der Waals surface area contributed by atoms with Gasteiger partial charge in [-0.2, -0.15) is 0 Å². The van der Waals surface area contributed by atoms with Crippen molar-refractivity contribution in [3.8, 4) is 11.3 Å². The second-order valence-electron chi connectivity index (χ2n) is 9.04. The number of nitrogens with zero attached hydrogens (tertiary/aromatic N) is 2. The SMILES string of the molecule is [B]C([B])(c1ccnc(-c2ccc3c(c2)oc2ncc4ccccc4c23)c1)C1CCCCC1.